The van der Waals surface area contributed by atoms with Gasteiger partial charge in [-0.25, -0.2) is 0 Å². The van der Waals surface area contributed by atoms with Gasteiger partial charge in [-0.3, -0.25) is 9.69 Å². The zero-order valence-corrected chi connectivity index (χ0v) is 19.2. The quantitative estimate of drug-likeness (QED) is 0.365. The van der Waals surface area contributed by atoms with Gasteiger partial charge in [0.15, 0.2) is 16.8 Å². The van der Waals surface area contributed by atoms with Gasteiger partial charge in [-0.05, 0) is 46.0 Å². The van der Waals surface area contributed by atoms with E-state index < -0.39 is 0 Å². The van der Waals surface area contributed by atoms with Crippen molar-refractivity contribution in [2.24, 2.45) is 0 Å². The number of aromatic nitrogens is 3. The lowest BCUT2D eigenvalue weighted by Crippen LogP contribution is -2.23. The highest BCUT2D eigenvalue weighted by atomic mass is 79.9. The Bertz CT molecular complexity index is 745. The summed E-state index contributed by atoms with van der Waals surface area (Å²) in [5.74, 6) is 1.10. The van der Waals surface area contributed by atoms with Crippen molar-refractivity contribution in [2.75, 3.05) is 14.1 Å². The second-order valence-electron chi connectivity index (χ2n) is 6.86. The van der Waals surface area contributed by atoms with Gasteiger partial charge in [0.1, 0.15) is 0 Å². The molecular weight excluding hydrogens is 424 g/mol. The molecule has 1 heterocycles. The fourth-order valence-corrected chi connectivity index (χ4v) is 4.22. The van der Waals surface area contributed by atoms with Crippen molar-refractivity contribution in [3.8, 4) is 0 Å². The van der Waals surface area contributed by atoms with Crippen LogP contribution in [0.3, 0.4) is 0 Å². The van der Waals surface area contributed by atoms with Crippen molar-refractivity contribution < 1.29 is 4.79 Å². The molecule has 1 aromatic carbocycles. The van der Waals surface area contributed by atoms with Crippen molar-refractivity contribution in [3.63, 3.8) is 0 Å². The molecule has 148 valence electrons. The van der Waals surface area contributed by atoms with Crippen LogP contribution in [0, 0.1) is 0 Å². The summed E-state index contributed by atoms with van der Waals surface area (Å²) in [7, 11) is 4.14. The molecule has 27 heavy (non-hydrogen) atoms. The first-order chi connectivity index (χ1) is 12.9. The summed E-state index contributed by atoms with van der Waals surface area (Å²) in [5, 5.41) is 9.54. The molecule has 5 nitrogen and oxygen atoms in total. The Labute approximate surface area is 175 Å². The number of ketones is 1. The number of unbranched alkanes of at least 4 members (excludes halogenated alkanes) is 1. The molecule has 0 aliphatic heterocycles. The Balaban J connectivity index is 2.24. The monoisotopic (exact) mass is 452 g/mol. The molecule has 0 bridgehead atoms. The molecule has 0 saturated carbocycles. The van der Waals surface area contributed by atoms with Gasteiger partial charge in [0, 0.05) is 16.6 Å². The van der Waals surface area contributed by atoms with Crippen molar-refractivity contribution >= 4 is 33.5 Å². The minimum atomic E-state index is -0.219. The van der Waals surface area contributed by atoms with Crippen LogP contribution in [0.2, 0.25) is 0 Å². The third-order valence-electron chi connectivity index (χ3n) is 4.57. The van der Waals surface area contributed by atoms with E-state index in [-0.39, 0.29) is 17.1 Å². The van der Waals surface area contributed by atoms with Gasteiger partial charge >= 0.3 is 0 Å². The second-order valence-corrected chi connectivity index (χ2v) is 9.09. The first-order valence-electron chi connectivity index (χ1n) is 9.44. The number of carbonyl (C=O) groups excluding carboxylic acids is 1. The summed E-state index contributed by atoms with van der Waals surface area (Å²) in [6.07, 6.45) is 3.14. The van der Waals surface area contributed by atoms with E-state index in [1.54, 1.807) is 0 Å². The van der Waals surface area contributed by atoms with Gasteiger partial charge in [0.25, 0.3) is 0 Å². The molecular formula is C20H29BrN4OS. The summed E-state index contributed by atoms with van der Waals surface area (Å²) in [6.45, 7) is 7.16. The molecule has 0 spiro atoms. The number of hydrogen-bond donors (Lipinski definition) is 0. The zero-order valence-electron chi connectivity index (χ0n) is 16.8. The van der Waals surface area contributed by atoms with E-state index in [1.807, 2.05) is 31.2 Å². The summed E-state index contributed by atoms with van der Waals surface area (Å²) in [5.41, 5.74) is 0.720. The predicted octanol–water partition coefficient (Wildman–Crippen LogP) is 5.22. The second kappa shape index (κ2) is 10.4. The fraction of sp³-hybridized carbons (Fsp3) is 0.550. The molecule has 1 aromatic heterocycles. The topological polar surface area (TPSA) is 51.0 Å². The Morgan fingerprint density at radius 3 is 2.44 bits per heavy atom. The summed E-state index contributed by atoms with van der Waals surface area (Å²) >= 11 is 4.91. The lowest BCUT2D eigenvalue weighted by molar-refractivity contribution is 0.0994. The number of nitrogens with zero attached hydrogens (tertiary/aromatic N) is 4. The fourth-order valence-electron chi connectivity index (χ4n) is 3.00. The van der Waals surface area contributed by atoms with Crippen molar-refractivity contribution in [3.05, 3.63) is 40.1 Å². The van der Waals surface area contributed by atoms with E-state index in [0.29, 0.717) is 0 Å². The van der Waals surface area contributed by atoms with Crippen molar-refractivity contribution in [1.82, 2.24) is 19.7 Å². The highest BCUT2D eigenvalue weighted by Crippen LogP contribution is 2.29. The molecule has 0 aliphatic rings. The summed E-state index contributed by atoms with van der Waals surface area (Å²) in [4.78, 5) is 15.0. The van der Waals surface area contributed by atoms with Crippen LogP contribution in [0.15, 0.2) is 33.9 Å². The van der Waals surface area contributed by atoms with E-state index in [9.17, 15) is 4.79 Å². The Morgan fingerprint density at radius 2 is 1.89 bits per heavy atom. The molecule has 0 saturated heterocycles. The largest absolute Gasteiger partial charge is 0.305 e. The number of carbonyl (C=O) groups is 1. The molecule has 2 rings (SSSR count). The smallest absolute Gasteiger partial charge is 0.191 e. The molecule has 0 N–H and O–H groups in total. The average molecular weight is 453 g/mol. The maximum atomic E-state index is 12.8. The van der Waals surface area contributed by atoms with Crippen LogP contribution >= 0.6 is 27.7 Å². The van der Waals surface area contributed by atoms with Crippen molar-refractivity contribution in [1.29, 1.82) is 0 Å². The van der Waals surface area contributed by atoms with E-state index in [1.165, 1.54) is 11.8 Å². The van der Waals surface area contributed by atoms with Crippen LogP contribution in [0.5, 0.6) is 0 Å². The predicted molar refractivity (Wildman–Crippen MR) is 115 cm³/mol. The molecule has 0 aliphatic carbocycles. The SMILES string of the molecule is CCCCn1c(SC(C)C(=O)c2ccc(Br)cc2)nnc1C(CC)N(C)C. The average Bonchev–Trinajstić information content (AvgIpc) is 3.02. The molecule has 7 heteroatoms. The highest BCUT2D eigenvalue weighted by molar-refractivity contribution is 9.10. The molecule has 2 aromatic rings. The number of halogens is 1. The third kappa shape index (κ3) is 5.65. The number of hydrogen-bond acceptors (Lipinski definition) is 5. The van der Waals surface area contributed by atoms with Gasteiger partial charge in [-0.2, -0.15) is 0 Å². The maximum absolute atomic E-state index is 12.8. The van der Waals surface area contributed by atoms with Crippen molar-refractivity contribution in [2.45, 2.75) is 63.0 Å². The molecule has 0 fully saturated rings. The van der Waals surface area contributed by atoms with E-state index >= 15 is 0 Å². The van der Waals surface area contributed by atoms with Gasteiger partial charge in [0.05, 0.1) is 11.3 Å². The number of benzene rings is 1. The molecule has 0 radical (unpaired) electrons. The standard InChI is InChI=1S/C20H29BrN4OS/c1-6-8-13-25-19(17(7-2)24(4)5)22-23-20(25)27-14(3)18(26)15-9-11-16(21)12-10-15/h9-12,14,17H,6-8,13H2,1-5H3. The van der Waals surface area contributed by atoms with Crippen LogP contribution in [0.1, 0.15) is 62.3 Å². The van der Waals surface area contributed by atoms with Crippen LogP contribution in [0.4, 0.5) is 0 Å². The Morgan fingerprint density at radius 1 is 1.22 bits per heavy atom. The maximum Gasteiger partial charge on any atom is 0.191 e. The number of rotatable bonds is 10. The molecule has 2 atom stereocenters. The highest BCUT2D eigenvalue weighted by Gasteiger charge is 2.25. The van der Waals surface area contributed by atoms with E-state index in [4.69, 9.17) is 0 Å². The van der Waals surface area contributed by atoms with Crippen LogP contribution < -0.4 is 0 Å². The lowest BCUT2D eigenvalue weighted by Gasteiger charge is -2.23. The first kappa shape index (κ1) is 22.1. The van der Waals surface area contributed by atoms with E-state index in [2.05, 4.69) is 63.5 Å². The van der Waals surface area contributed by atoms with E-state index in [0.717, 1.165) is 46.8 Å². The molecule has 2 unspecified atom stereocenters. The van der Waals surface area contributed by atoms with Crippen LogP contribution in [-0.2, 0) is 6.54 Å². The summed E-state index contributed by atoms with van der Waals surface area (Å²) in [6, 6.07) is 7.73. The van der Waals surface area contributed by atoms with Crippen LogP contribution in [0.25, 0.3) is 0 Å². The minimum Gasteiger partial charge on any atom is -0.305 e. The van der Waals surface area contributed by atoms with Gasteiger partial charge in [-0.1, -0.05) is 60.1 Å². The first-order valence-corrected chi connectivity index (χ1v) is 11.1. The Kier molecular flexibility index (Phi) is 8.51. The van der Waals surface area contributed by atoms with Crippen LogP contribution in [-0.4, -0.2) is 44.8 Å². The summed E-state index contributed by atoms with van der Waals surface area (Å²) < 4.78 is 3.17. The minimum absolute atomic E-state index is 0.110. The zero-order chi connectivity index (χ0) is 20.0. The number of thioether (sulfide) groups is 1. The normalized spacial score (nSPS) is 13.7. The Hall–Kier alpha value is -1.18. The van der Waals surface area contributed by atoms with Gasteiger partial charge in [0.2, 0.25) is 0 Å². The van der Waals surface area contributed by atoms with Gasteiger partial charge < -0.3 is 4.57 Å². The third-order valence-corrected chi connectivity index (χ3v) is 6.18. The molecule has 0 amide bonds. The van der Waals surface area contributed by atoms with Gasteiger partial charge in [-0.15, -0.1) is 10.2 Å². The number of Topliss-reactive ketones (excluding diaryl/α,β-unsaturated/α-hetero) is 1. The lowest BCUT2D eigenvalue weighted by atomic mass is 10.1.